The van der Waals surface area contributed by atoms with Crippen molar-refractivity contribution in [1.82, 2.24) is 5.32 Å². The topological polar surface area (TPSA) is 33.3 Å². The average Bonchev–Trinajstić information content (AvgIpc) is 2.53. The maximum absolute atomic E-state index is 13.5. The Morgan fingerprint density at radius 3 is 3.00 bits per heavy atom. The van der Waals surface area contributed by atoms with Crippen molar-refractivity contribution in [2.24, 2.45) is 0 Å². The third-order valence-corrected chi connectivity index (χ3v) is 3.82. The van der Waals surface area contributed by atoms with Gasteiger partial charge >= 0.3 is 0 Å². The molecule has 0 fully saturated rings. The molecule has 4 heteroatoms. The molecule has 3 rings (SSSR count). The largest absolute Gasteiger partial charge is 0.487 e. The van der Waals surface area contributed by atoms with Crippen LogP contribution in [-0.4, -0.2) is 19.2 Å². The Balaban J connectivity index is 1.51. The van der Waals surface area contributed by atoms with E-state index in [4.69, 9.17) is 4.74 Å². The Morgan fingerprint density at radius 2 is 2.14 bits per heavy atom. The van der Waals surface area contributed by atoms with Gasteiger partial charge in [-0.1, -0.05) is 24.3 Å². The molecule has 0 saturated heterocycles. The fourth-order valence-electron chi connectivity index (χ4n) is 2.58. The van der Waals surface area contributed by atoms with Gasteiger partial charge in [-0.2, -0.15) is 0 Å². The van der Waals surface area contributed by atoms with Crippen molar-refractivity contribution in [1.29, 1.82) is 0 Å². The van der Waals surface area contributed by atoms with Crippen molar-refractivity contribution in [3.63, 3.8) is 0 Å². The summed E-state index contributed by atoms with van der Waals surface area (Å²) in [7, 11) is 0. The third kappa shape index (κ3) is 3.57. The quantitative estimate of drug-likeness (QED) is 0.831. The fraction of sp³-hybridized carbons (Fsp3) is 0.333. The zero-order chi connectivity index (χ0) is 15.4. The van der Waals surface area contributed by atoms with Crippen LogP contribution in [0.5, 0.6) is 5.75 Å². The molecule has 2 aromatic rings. The van der Waals surface area contributed by atoms with Gasteiger partial charge in [0.15, 0.2) is 0 Å². The number of rotatable bonds is 5. The molecule has 1 atom stereocenters. The molecule has 116 valence electrons. The normalized spacial score (nSPS) is 16.5. The monoisotopic (exact) mass is 300 g/mol. The molecule has 0 amide bonds. The fourth-order valence-corrected chi connectivity index (χ4v) is 2.58. The SMILES string of the molecule is CC1CNc2cc(CCNCc3ccccc3F)ccc2O1. The van der Waals surface area contributed by atoms with E-state index in [2.05, 4.69) is 29.7 Å². The van der Waals surface area contributed by atoms with Crippen LogP contribution in [0.2, 0.25) is 0 Å². The Labute approximate surface area is 130 Å². The summed E-state index contributed by atoms with van der Waals surface area (Å²) < 4.78 is 19.3. The first kappa shape index (κ1) is 14.9. The van der Waals surface area contributed by atoms with Crippen LogP contribution in [0.3, 0.4) is 0 Å². The molecule has 0 aromatic heterocycles. The maximum atomic E-state index is 13.5. The van der Waals surface area contributed by atoms with Crippen molar-refractivity contribution in [3.8, 4) is 5.75 Å². The lowest BCUT2D eigenvalue weighted by Crippen LogP contribution is -2.27. The minimum Gasteiger partial charge on any atom is -0.487 e. The molecule has 1 unspecified atom stereocenters. The van der Waals surface area contributed by atoms with Gasteiger partial charge in [-0.15, -0.1) is 0 Å². The summed E-state index contributed by atoms with van der Waals surface area (Å²) in [6, 6.07) is 13.1. The van der Waals surface area contributed by atoms with Crippen LogP contribution in [0, 0.1) is 5.82 Å². The molecular weight excluding hydrogens is 279 g/mol. The van der Waals surface area contributed by atoms with Gasteiger partial charge in [0, 0.05) is 12.1 Å². The lowest BCUT2D eigenvalue weighted by Gasteiger charge is -2.25. The van der Waals surface area contributed by atoms with Crippen molar-refractivity contribution in [2.75, 3.05) is 18.4 Å². The van der Waals surface area contributed by atoms with Crippen LogP contribution in [0.15, 0.2) is 42.5 Å². The van der Waals surface area contributed by atoms with Gasteiger partial charge in [0.25, 0.3) is 0 Å². The van der Waals surface area contributed by atoms with E-state index in [-0.39, 0.29) is 11.9 Å². The Morgan fingerprint density at radius 1 is 1.27 bits per heavy atom. The molecule has 1 heterocycles. The van der Waals surface area contributed by atoms with Crippen molar-refractivity contribution in [2.45, 2.75) is 26.0 Å². The first-order valence-electron chi connectivity index (χ1n) is 7.70. The standard InChI is InChI=1S/C18H21FN2O/c1-13-11-21-17-10-14(6-7-18(17)22-13)8-9-20-12-15-4-2-3-5-16(15)19/h2-7,10,13,20-21H,8-9,11-12H2,1H3. The highest BCUT2D eigenvalue weighted by atomic mass is 19.1. The Kier molecular flexibility index (Phi) is 4.59. The van der Waals surface area contributed by atoms with Gasteiger partial charge in [-0.25, -0.2) is 4.39 Å². The molecule has 2 N–H and O–H groups in total. The van der Waals surface area contributed by atoms with Crippen molar-refractivity contribution >= 4 is 5.69 Å². The first-order chi connectivity index (χ1) is 10.7. The third-order valence-electron chi connectivity index (χ3n) is 3.82. The summed E-state index contributed by atoms with van der Waals surface area (Å²) in [6.45, 7) is 4.25. The summed E-state index contributed by atoms with van der Waals surface area (Å²) in [5.74, 6) is 0.765. The summed E-state index contributed by atoms with van der Waals surface area (Å²) in [5.41, 5.74) is 3.01. The molecule has 0 radical (unpaired) electrons. The summed E-state index contributed by atoms with van der Waals surface area (Å²) >= 11 is 0. The number of hydrogen-bond acceptors (Lipinski definition) is 3. The van der Waals surface area contributed by atoms with Gasteiger partial charge < -0.3 is 15.4 Å². The van der Waals surface area contributed by atoms with E-state index >= 15 is 0 Å². The lowest BCUT2D eigenvalue weighted by atomic mass is 10.1. The number of anilines is 1. The maximum Gasteiger partial charge on any atom is 0.142 e. The van der Waals surface area contributed by atoms with Gasteiger partial charge in [0.2, 0.25) is 0 Å². The van der Waals surface area contributed by atoms with E-state index in [0.29, 0.717) is 12.1 Å². The Bertz CT molecular complexity index is 645. The number of nitrogens with one attached hydrogen (secondary N) is 2. The van der Waals surface area contributed by atoms with Crippen LogP contribution in [0.25, 0.3) is 0 Å². The molecule has 1 aliphatic rings. The van der Waals surface area contributed by atoms with E-state index in [1.807, 2.05) is 18.2 Å². The second-order valence-electron chi connectivity index (χ2n) is 5.66. The van der Waals surface area contributed by atoms with Gasteiger partial charge in [0.1, 0.15) is 17.7 Å². The molecule has 0 spiro atoms. The molecule has 22 heavy (non-hydrogen) atoms. The van der Waals surface area contributed by atoms with Gasteiger partial charge in [-0.3, -0.25) is 0 Å². The number of fused-ring (bicyclic) bond motifs is 1. The molecule has 1 aliphatic heterocycles. The van der Waals surface area contributed by atoms with Crippen molar-refractivity contribution in [3.05, 3.63) is 59.4 Å². The first-order valence-corrected chi connectivity index (χ1v) is 7.70. The molecule has 0 aliphatic carbocycles. The van der Waals surface area contributed by atoms with E-state index in [0.717, 1.165) is 30.9 Å². The number of hydrogen-bond donors (Lipinski definition) is 2. The molecule has 0 saturated carbocycles. The number of halogens is 1. The second-order valence-corrected chi connectivity index (χ2v) is 5.66. The zero-order valence-electron chi connectivity index (χ0n) is 12.7. The Hall–Kier alpha value is -2.07. The van der Waals surface area contributed by atoms with E-state index in [9.17, 15) is 4.39 Å². The molecular formula is C18H21FN2O. The van der Waals surface area contributed by atoms with Crippen LogP contribution in [0.4, 0.5) is 10.1 Å². The van der Waals surface area contributed by atoms with Crippen molar-refractivity contribution < 1.29 is 9.13 Å². The second kappa shape index (κ2) is 6.79. The molecule has 3 nitrogen and oxygen atoms in total. The predicted octanol–water partition coefficient (Wildman–Crippen LogP) is 3.35. The highest BCUT2D eigenvalue weighted by molar-refractivity contribution is 5.59. The van der Waals surface area contributed by atoms with E-state index in [1.54, 1.807) is 6.07 Å². The number of ether oxygens (including phenoxy) is 1. The predicted molar refractivity (Wildman–Crippen MR) is 86.8 cm³/mol. The molecule has 0 bridgehead atoms. The summed E-state index contributed by atoms with van der Waals surface area (Å²) in [4.78, 5) is 0. The summed E-state index contributed by atoms with van der Waals surface area (Å²) in [6.07, 6.45) is 1.11. The lowest BCUT2D eigenvalue weighted by molar-refractivity contribution is 0.226. The van der Waals surface area contributed by atoms with E-state index in [1.165, 1.54) is 11.6 Å². The highest BCUT2D eigenvalue weighted by Crippen LogP contribution is 2.29. The minimum absolute atomic E-state index is 0.153. The number of benzene rings is 2. The smallest absolute Gasteiger partial charge is 0.142 e. The highest BCUT2D eigenvalue weighted by Gasteiger charge is 2.15. The molecule has 2 aromatic carbocycles. The van der Waals surface area contributed by atoms with E-state index < -0.39 is 0 Å². The van der Waals surface area contributed by atoms with Gasteiger partial charge in [-0.05, 0) is 43.7 Å². The van der Waals surface area contributed by atoms with Crippen LogP contribution in [-0.2, 0) is 13.0 Å². The average molecular weight is 300 g/mol. The minimum atomic E-state index is -0.153. The van der Waals surface area contributed by atoms with Crippen LogP contribution < -0.4 is 15.4 Å². The van der Waals surface area contributed by atoms with Crippen LogP contribution >= 0.6 is 0 Å². The summed E-state index contributed by atoms with van der Waals surface area (Å²) in [5, 5.41) is 6.67. The van der Waals surface area contributed by atoms with Crippen LogP contribution in [0.1, 0.15) is 18.1 Å². The van der Waals surface area contributed by atoms with Gasteiger partial charge in [0.05, 0.1) is 12.2 Å². The zero-order valence-corrected chi connectivity index (χ0v) is 12.7.